The number of hydrogen-bond donors (Lipinski definition) is 1. The molecule has 2 nitrogen and oxygen atoms in total. The van der Waals surface area contributed by atoms with Crippen molar-refractivity contribution in [1.82, 2.24) is 10.3 Å². The Labute approximate surface area is 140 Å². The second-order valence-corrected chi connectivity index (χ2v) is 6.56. The van der Waals surface area contributed by atoms with Crippen molar-refractivity contribution < 1.29 is 0 Å². The zero-order valence-corrected chi connectivity index (χ0v) is 14.9. The molecule has 1 atom stereocenters. The van der Waals surface area contributed by atoms with Crippen LogP contribution >= 0.6 is 27.5 Å². The molecule has 0 aliphatic heterocycles. The molecule has 112 valence electrons. The highest BCUT2D eigenvalue weighted by Crippen LogP contribution is 2.27. The quantitative estimate of drug-likeness (QED) is 0.803. The zero-order valence-electron chi connectivity index (χ0n) is 12.6. The Kier molecular flexibility index (Phi) is 5.80. The van der Waals surface area contributed by atoms with E-state index in [1.54, 1.807) is 0 Å². The number of benzene rings is 1. The van der Waals surface area contributed by atoms with Crippen molar-refractivity contribution in [3.8, 4) is 0 Å². The number of nitrogens with zero attached hydrogens (tertiary/aromatic N) is 1. The normalized spacial score (nSPS) is 12.4. The van der Waals surface area contributed by atoms with Crippen LogP contribution in [0.2, 0.25) is 5.02 Å². The first kappa shape index (κ1) is 16.5. The maximum atomic E-state index is 6.35. The van der Waals surface area contributed by atoms with Crippen molar-refractivity contribution in [1.29, 1.82) is 0 Å². The van der Waals surface area contributed by atoms with E-state index in [1.165, 1.54) is 5.56 Å². The maximum Gasteiger partial charge on any atom is 0.0449 e. The van der Waals surface area contributed by atoms with E-state index < -0.39 is 0 Å². The van der Waals surface area contributed by atoms with E-state index in [4.69, 9.17) is 11.6 Å². The van der Waals surface area contributed by atoms with E-state index >= 15 is 0 Å². The van der Waals surface area contributed by atoms with Crippen LogP contribution in [-0.4, -0.2) is 11.5 Å². The number of likely N-dealkylation sites (N-methyl/N-ethyl adjacent to an activating group) is 1. The molecule has 1 aromatic carbocycles. The van der Waals surface area contributed by atoms with Crippen LogP contribution in [0.15, 0.2) is 34.8 Å². The Morgan fingerprint density at radius 1 is 1.19 bits per heavy atom. The van der Waals surface area contributed by atoms with Gasteiger partial charge in [-0.3, -0.25) is 4.98 Å². The molecular weight excluding hydrogens is 348 g/mol. The minimum atomic E-state index is 0.245. The van der Waals surface area contributed by atoms with Gasteiger partial charge in [0, 0.05) is 26.9 Å². The van der Waals surface area contributed by atoms with Crippen LogP contribution in [0.3, 0.4) is 0 Å². The van der Waals surface area contributed by atoms with Crippen molar-refractivity contribution in [2.75, 3.05) is 6.54 Å². The van der Waals surface area contributed by atoms with Gasteiger partial charge < -0.3 is 5.32 Å². The van der Waals surface area contributed by atoms with E-state index in [9.17, 15) is 0 Å². The summed E-state index contributed by atoms with van der Waals surface area (Å²) in [5.74, 6) is 0. The Balaban J connectivity index is 2.30. The van der Waals surface area contributed by atoms with Gasteiger partial charge in [0.1, 0.15) is 0 Å². The lowest BCUT2D eigenvalue weighted by molar-refractivity contribution is 0.548. The summed E-state index contributed by atoms with van der Waals surface area (Å²) in [7, 11) is 0. The predicted molar refractivity (Wildman–Crippen MR) is 93.0 cm³/mol. The monoisotopic (exact) mass is 366 g/mol. The van der Waals surface area contributed by atoms with Gasteiger partial charge in [0.15, 0.2) is 0 Å². The largest absolute Gasteiger partial charge is 0.310 e. The summed E-state index contributed by atoms with van der Waals surface area (Å²) >= 11 is 9.80. The highest BCUT2D eigenvalue weighted by atomic mass is 79.9. The van der Waals surface area contributed by atoms with Crippen LogP contribution in [0.4, 0.5) is 0 Å². The highest BCUT2D eigenvalue weighted by Gasteiger charge is 2.14. The van der Waals surface area contributed by atoms with Gasteiger partial charge in [-0.05, 0) is 62.2 Å². The van der Waals surface area contributed by atoms with Crippen molar-refractivity contribution in [2.45, 2.75) is 33.2 Å². The molecule has 0 aliphatic rings. The molecule has 1 unspecified atom stereocenters. The number of halogens is 2. The number of nitrogens with one attached hydrogen (secondary N) is 1. The fourth-order valence-electron chi connectivity index (χ4n) is 2.53. The van der Waals surface area contributed by atoms with Crippen molar-refractivity contribution in [3.05, 3.63) is 62.3 Å². The predicted octanol–water partition coefficient (Wildman–Crippen LogP) is 5.01. The second kappa shape index (κ2) is 7.39. The van der Waals surface area contributed by atoms with Gasteiger partial charge in [0.2, 0.25) is 0 Å². The average Bonchev–Trinajstić information content (AvgIpc) is 2.40. The Morgan fingerprint density at radius 3 is 2.43 bits per heavy atom. The lowest BCUT2D eigenvalue weighted by atomic mass is 9.98. The molecule has 0 bridgehead atoms. The summed E-state index contributed by atoms with van der Waals surface area (Å²) in [5, 5.41) is 4.35. The second-order valence-electron chi connectivity index (χ2n) is 5.23. The molecule has 0 radical (unpaired) electrons. The van der Waals surface area contributed by atoms with Crippen LogP contribution in [0.1, 0.15) is 35.5 Å². The SMILES string of the molecule is CCNC(Cc1ccc(Br)cc1Cl)c1cc(C)nc(C)c1. The summed E-state index contributed by atoms with van der Waals surface area (Å²) in [6.45, 7) is 7.11. The number of rotatable bonds is 5. The van der Waals surface area contributed by atoms with E-state index in [0.717, 1.165) is 39.4 Å². The van der Waals surface area contributed by atoms with E-state index in [0.29, 0.717) is 0 Å². The van der Waals surface area contributed by atoms with Gasteiger partial charge in [0.25, 0.3) is 0 Å². The highest BCUT2D eigenvalue weighted by molar-refractivity contribution is 9.10. The molecular formula is C17H20BrClN2. The van der Waals surface area contributed by atoms with E-state index in [-0.39, 0.29) is 6.04 Å². The first-order valence-electron chi connectivity index (χ1n) is 7.12. The van der Waals surface area contributed by atoms with Crippen LogP contribution < -0.4 is 5.32 Å². The van der Waals surface area contributed by atoms with Gasteiger partial charge in [0.05, 0.1) is 0 Å². The summed E-state index contributed by atoms with van der Waals surface area (Å²) in [6.07, 6.45) is 0.864. The van der Waals surface area contributed by atoms with E-state index in [1.807, 2.05) is 26.0 Å². The lowest BCUT2D eigenvalue weighted by Crippen LogP contribution is -2.23. The number of aryl methyl sites for hydroxylation is 2. The zero-order chi connectivity index (χ0) is 15.4. The molecule has 1 N–H and O–H groups in total. The standard InChI is InChI=1S/C17H20BrClN2/c1-4-20-17(14-7-11(2)21-12(3)8-14)9-13-5-6-15(18)10-16(13)19/h5-8,10,17,20H,4,9H2,1-3H3. The molecule has 2 aromatic rings. The fraction of sp³-hybridized carbons (Fsp3) is 0.353. The van der Waals surface area contributed by atoms with Crippen LogP contribution in [0.5, 0.6) is 0 Å². The molecule has 2 rings (SSSR count). The Hall–Kier alpha value is -0.900. The molecule has 1 heterocycles. The summed E-state index contributed by atoms with van der Waals surface area (Å²) < 4.78 is 1.01. The topological polar surface area (TPSA) is 24.9 Å². The smallest absolute Gasteiger partial charge is 0.0449 e. The molecule has 0 spiro atoms. The van der Waals surface area contributed by atoms with Gasteiger partial charge in [-0.15, -0.1) is 0 Å². The van der Waals surface area contributed by atoms with Crippen molar-refractivity contribution >= 4 is 27.5 Å². The van der Waals surface area contributed by atoms with Crippen molar-refractivity contribution in [2.24, 2.45) is 0 Å². The first-order valence-corrected chi connectivity index (χ1v) is 8.29. The molecule has 0 saturated carbocycles. The van der Waals surface area contributed by atoms with Crippen LogP contribution in [-0.2, 0) is 6.42 Å². The summed E-state index contributed by atoms with van der Waals surface area (Å²) in [5.41, 5.74) is 4.52. The average molecular weight is 368 g/mol. The number of pyridine rings is 1. The van der Waals surface area contributed by atoms with Crippen LogP contribution in [0, 0.1) is 13.8 Å². The molecule has 0 aliphatic carbocycles. The number of aromatic nitrogens is 1. The molecule has 4 heteroatoms. The Bertz CT molecular complexity index is 608. The van der Waals surface area contributed by atoms with Crippen LogP contribution in [0.25, 0.3) is 0 Å². The first-order chi connectivity index (χ1) is 9.99. The number of hydrogen-bond acceptors (Lipinski definition) is 2. The maximum absolute atomic E-state index is 6.35. The molecule has 21 heavy (non-hydrogen) atoms. The van der Waals surface area contributed by atoms with Gasteiger partial charge in [-0.25, -0.2) is 0 Å². The third-order valence-corrected chi connectivity index (χ3v) is 4.24. The summed E-state index contributed by atoms with van der Waals surface area (Å²) in [4.78, 5) is 4.45. The third kappa shape index (κ3) is 4.53. The fourth-order valence-corrected chi connectivity index (χ4v) is 3.28. The van der Waals surface area contributed by atoms with Gasteiger partial charge in [-0.2, -0.15) is 0 Å². The third-order valence-electron chi connectivity index (χ3n) is 3.40. The minimum Gasteiger partial charge on any atom is -0.310 e. The molecule has 0 fully saturated rings. The molecule has 0 amide bonds. The summed E-state index contributed by atoms with van der Waals surface area (Å²) in [6, 6.07) is 10.6. The molecule has 1 aromatic heterocycles. The Morgan fingerprint density at radius 2 is 1.86 bits per heavy atom. The molecule has 0 saturated heterocycles. The van der Waals surface area contributed by atoms with Gasteiger partial charge >= 0.3 is 0 Å². The van der Waals surface area contributed by atoms with E-state index in [2.05, 4.69) is 51.4 Å². The van der Waals surface area contributed by atoms with Gasteiger partial charge in [-0.1, -0.05) is 40.5 Å². The van der Waals surface area contributed by atoms with Crippen molar-refractivity contribution in [3.63, 3.8) is 0 Å². The minimum absolute atomic E-state index is 0.245. The lowest BCUT2D eigenvalue weighted by Gasteiger charge is -2.20.